The molecule has 0 saturated carbocycles. The van der Waals surface area contributed by atoms with Gasteiger partial charge in [-0.15, -0.1) is 11.3 Å². The summed E-state index contributed by atoms with van der Waals surface area (Å²) in [6.07, 6.45) is 6.08. The number of hydrogen-bond donors (Lipinski definition) is 1. The minimum absolute atomic E-state index is 0.708. The predicted molar refractivity (Wildman–Crippen MR) is 77.9 cm³/mol. The van der Waals surface area contributed by atoms with Gasteiger partial charge in [-0.3, -0.25) is 9.88 Å². The van der Waals surface area contributed by atoms with Crippen molar-refractivity contribution in [3.63, 3.8) is 0 Å². The van der Waals surface area contributed by atoms with Gasteiger partial charge in [-0.25, -0.2) is 0 Å². The summed E-state index contributed by atoms with van der Waals surface area (Å²) in [5, 5.41) is 3.61. The minimum Gasteiger partial charge on any atom is -0.315 e. The molecule has 2 rings (SSSR count). The summed E-state index contributed by atoms with van der Waals surface area (Å²) in [5.74, 6) is 0.739. The standard InChI is InChI=1S/C14H25N3S/c1-12(2)7-15-8-13-5-3-4-6-17(13)10-14-9-16-11-18-14/h9,11-13,15H,3-8,10H2,1-2H3. The van der Waals surface area contributed by atoms with Gasteiger partial charge in [-0.1, -0.05) is 20.3 Å². The predicted octanol–water partition coefficient (Wildman–Crippen LogP) is 2.74. The lowest BCUT2D eigenvalue weighted by molar-refractivity contribution is 0.138. The van der Waals surface area contributed by atoms with Gasteiger partial charge in [0.05, 0.1) is 5.51 Å². The fourth-order valence-electron chi connectivity index (χ4n) is 2.56. The van der Waals surface area contributed by atoms with E-state index in [1.165, 1.54) is 30.7 Å². The van der Waals surface area contributed by atoms with Gasteiger partial charge in [0.15, 0.2) is 0 Å². The Bertz CT molecular complexity index is 324. The quantitative estimate of drug-likeness (QED) is 0.859. The van der Waals surface area contributed by atoms with E-state index in [1.807, 2.05) is 11.7 Å². The molecule has 1 N–H and O–H groups in total. The first kappa shape index (κ1) is 14.0. The zero-order valence-electron chi connectivity index (χ0n) is 11.6. The third-order valence-corrected chi connectivity index (χ3v) is 4.29. The van der Waals surface area contributed by atoms with E-state index in [0.29, 0.717) is 6.04 Å². The van der Waals surface area contributed by atoms with Crippen molar-refractivity contribution in [3.8, 4) is 0 Å². The third kappa shape index (κ3) is 4.34. The van der Waals surface area contributed by atoms with Gasteiger partial charge in [0.25, 0.3) is 0 Å². The van der Waals surface area contributed by atoms with E-state index >= 15 is 0 Å². The maximum absolute atomic E-state index is 4.17. The molecule has 0 aliphatic carbocycles. The SMILES string of the molecule is CC(C)CNCC1CCCCN1Cc1cncs1. The second kappa shape index (κ2) is 7.22. The molecule has 1 aliphatic rings. The van der Waals surface area contributed by atoms with Crippen LogP contribution in [0.3, 0.4) is 0 Å². The maximum Gasteiger partial charge on any atom is 0.0794 e. The van der Waals surface area contributed by atoms with Gasteiger partial charge >= 0.3 is 0 Å². The molecule has 0 amide bonds. The topological polar surface area (TPSA) is 28.2 Å². The van der Waals surface area contributed by atoms with Crippen molar-refractivity contribution in [3.05, 3.63) is 16.6 Å². The number of thiazole rings is 1. The Kier molecular flexibility index (Phi) is 5.60. The lowest BCUT2D eigenvalue weighted by atomic mass is 10.0. The largest absolute Gasteiger partial charge is 0.315 e. The molecule has 0 spiro atoms. The van der Waals surface area contributed by atoms with Crippen LogP contribution in [0.4, 0.5) is 0 Å². The second-order valence-electron chi connectivity index (χ2n) is 5.64. The molecule has 1 saturated heterocycles. The maximum atomic E-state index is 4.17. The van der Waals surface area contributed by atoms with Crippen molar-refractivity contribution < 1.29 is 0 Å². The summed E-state index contributed by atoms with van der Waals surface area (Å²) in [4.78, 5) is 8.20. The third-order valence-electron chi connectivity index (χ3n) is 3.52. The fraction of sp³-hybridized carbons (Fsp3) is 0.786. The highest BCUT2D eigenvalue weighted by molar-refractivity contribution is 7.09. The first-order valence-corrected chi connectivity index (χ1v) is 7.96. The average molecular weight is 267 g/mol. The van der Waals surface area contributed by atoms with Crippen molar-refractivity contribution in [2.24, 2.45) is 5.92 Å². The zero-order valence-corrected chi connectivity index (χ0v) is 12.4. The molecular formula is C14H25N3S. The van der Waals surface area contributed by atoms with Crippen LogP contribution in [0.15, 0.2) is 11.7 Å². The van der Waals surface area contributed by atoms with Crippen molar-refractivity contribution in [1.82, 2.24) is 15.2 Å². The average Bonchev–Trinajstić information content (AvgIpc) is 2.84. The molecule has 1 unspecified atom stereocenters. The smallest absolute Gasteiger partial charge is 0.0794 e. The molecular weight excluding hydrogens is 242 g/mol. The minimum atomic E-state index is 0.708. The Morgan fingerprint density at radius 1 is 1.50 bits per heavy atom. The first-order chi connectivity index (χ1) is 8.75. The summed E-state index contributed by atoms with van der Waals surface area (Å²) in [6, 6.07) is 0.708. The van der Waals surface area contributed by atoms with Crippen LogP contribution in [0.1, 0.15) is 38.0 Å². The van der Waals surface area contributed by atoms with Gasteiger partial charge in [0, 0.05) is 30.2 Å². The van der Waals surface area contributed by atoms with Crippen LogP contribution >= 0.6 is 11.3 Å². The summed E-state index contributed by atoms with van der Waals surface area (Å²) in [5.41, 5.74) is 1.94. The van der Waals surface area contributed by atoms with Gasteiger partial charge in [-0.05, 0) is 31.8 Å². The summed E-state index contributed by atoms with van der Waals surface area (Å²) in [7, 11) is 0. The zero-order chi connectivity index (χ0) is 12.8. The highest BCUT2D eigenvalue weighted by Gasteiger charge is 2.22. The van der Waals surface area contributed by atoms with Crippen molar-refractivity contribution in [2.45, 2.75) is 45.7 Å². The second-order valence-corrected chi connectivity index (χ2v) is 6.61. The van der Waals surface area contributed by atoms with Crippen LogP contribution in [0.5, 0.6) is 0 Å². The molecule has 1 aromatic rings. The first-order valence-electron chi connectivity index (χ1n) is 7.08. The monoisotopic (exact) mass is 267 g/mol. The van der Waals surface area contributed by atoms with E-state index in [2.05, 4.69) is 29.0 Å². The number of hydrogen-bond acceptors (Lipinski definition) is 4. The number of nitrogens with zero attached hydrogens (tertiary/aromatic N) is 2. The molecule has 1 atom stereocenters. The van der Waals surface area contributed by atoms with Crippen LogP contribution in [0.25, 0.3) is 0 Å². The molecule has 0 bridgehead atoms. The van der Waals surface area contributed by atoms with Crippen molar-refractivity contribution >= 4 is 11.3 Å². The lowest BCUT2D eigenvalue weighted by Gasteiger charge is -2.35. The van der Waals surface area contributed by atoms with Gasteiger partial charge < -0.3 is 5.32 Å². The number of likely N-dealkylation sites (tertiary alicyclic amines) is 1. The fourth-order valence-corrected chi connectivity index (χ4v) is 3.18. The van der Waals surface area contributed by atoms with E-state index in [-0.39, 0.29) is 0 Å². The molecule has 3 nitrogen and oxygen atoms in total. The summed E-state index contributed by atoms with van der Waals surface area (Å²) >= 11 is 1.77. The highest BCUT2D eigenvalue weighted by atomic mass is 32.1. The molecule has 1 fully saturated rings. The Morgan fingerprint density at radius 2 is 2.39 bits per heavy atom. The Morgan fingerprint density at radius 3 is 3.11 bits per heavy atom. The number of aromatic nitrogens is 1. The van der Waals surface area contributed by atoms with Gasteiger partial charge in [-0.2, -0.15) is 0 Å². The van der Waals surface area contributed by atoms with E-state index in [4.69, 9.17) is 0 Å². The number of nitrogens with one attached hydrogen (secondary N) is 1. The van der Waals surface area contributed by atoms with Gasteiger partial charge in [0.2, 0.25) is 0 Å². The van der Waals surface area contributed by atoms with Crippen molar-refractivity contribution in [2.75, 3.05) is 19.6 Å². The molecule has 1 aromatic heterocycles. The van der Waals surface area contributed by atoms with Crippen LogP contribution in [-0.4, -0.2) is 35.6 Å². The Labute approximate surface area is 115 Å². The number of rotatable bonds is 6. The molecule has 0 radical (unpaired) electrons. The van der Waals surface area contributed by atoms with E-state index in [0.717, 1.165) is 25.6 Å². The Hall–Kier alpha value is -0.450. The summed E-state index contributed by atoms with van der Waals surface area (Å²) < 4.78 is 0. The lowest BCUT2D eigenvalue weighted by Crippen LogP contribution is -2.45. The summed E-state index contributed by atoms with van der Waals surface area (Å²) in [6.45, 7) is 9.12. The molecule has 1 aliphatic heterocycles. The van der Waals surface area contributed by atoms with Crippen molar-refractivity contribution in [1.29, 1.82) is 0 Å². The Balaban J connectivity index is 1.81. The molecule has 4 heteroatoms. The van der Waals surface area contributed by atoms with E-state index in [1.54, 1.807) is 11.3 Å². The van der Waals surface area contributed by atoms with Crippen LogP contribution < -0.4 is 5.32 Å². The van der Waals surface area contributed by atoms with Crippen LogP contribution in [0, 0.1) is 5.92 Å². The van der Waals surface area contributed by atoms with E-state index in [9.17, 15) is 0 Å². The highest BCUT2D eigenvalue weighted by Crippen LogP contribution is 2.20. The molecule has 18 heavy (non-hydrogen) atoms. The van der Waals surface area contributed by atoms with Crippen LogP contribution in [0.2, 0.25) is 0 Å². The molecule has 2 heterocycles. The normalized spacial score (nSPS) is 21.6. The number of piperidine rings is 1. The molecule has 0 aromatic carbocycles. The van der Waals surface area contributed by atoms with Gasteiger partial charge in [0.1, 0.15) is 0 Å². The molecule has 102 valence electrons. The van der Waals surface area contributed by atoms with E-state index < -0.39 is 0 Å². The van der Waals surface area contributed by atoms with Crippen LogP contribution in [-0.2, 0) is 6.54 Å².